The summed E-state index contributed by atoms with van der Waals surface area (Å²) in [4.78, 5) is 42.0. The van der Waals surface area contributed by atoms with Gasteiger partial charge in [0.2, 0.25) is 5.91 Å². The topological polar surface area (TPSA) is 84.0 Å². The molecule has 2 bridgehead atoms. The number of benzene rings is 2. The van der Waals surface area contributed by atoms with E-state index in [0.29, 0.717) is 25.2 Å². The van der Waals surface area contributed by atoms with Crippen molar-refractivity contribution in [2.45, 2.75) is 38.3 Å². The van der Waals surface area contributed by atoms with Crippen molar-refractivity contribution >= 4 is 16.8 Å². The number of hydrogen-bond donors (Lipinski definition) is 2. The van der Waals surface area contributed by atoms with Crippen LogP contribution in [-0.2, 0) is 4.79 Å². The van der Waals surface area contributed by atoms with Crippen LogP contribution in [-0.4, -0.2) is 15.5 Å². The van der Waals surface area contributed by atoms with Gasteiger partial charge in [-0.2, -0.15) is 0 Å². The van der Waals surface area contributed by atoms with Crippen molar-refractivity contribution in [1.29, 1.82) is 0 Å². The number of aromatic nitrogens is 2. The fourth-order valence-corrected chi connectivity index (χ4v) is 5.21. The molecule has 1 amide bonds. The molecule has 6 nitrogen and oxygen atoms in total. The first-order chi connectivity index (χ1) is 15.2. The summed E-state index contributed by atoms with van der Waals surface area (Å²) in [6.45, 7) is 1.54. The van der Waals surface area contributed by atoms with Gasteiger partial charge in [-0.15, -0.1) is 0 Å². The molecule has 166 valence electrons. The largest absolute Gasteiger partial charge is 0.348 e. The van der Waals surface area contributed by atoms with E-state index in [1.807, 2.05) is 0 Å². The fourth-order valence-electron chi connectivity index (χ4n) is 5.21. The second-order valence-electron chi connectivity index (χ2n) is 8.93. The van der Waals surface area contributed by atoms with E-state index >= 15 is 0 Å². The van der Waals surface area contributed by atoms with Crippen molar-refractivity contribution in [2.75, 3.05) is 0 Å². The number of nitrogens with one attached hydrogen (secondary N) is 2. The first kappa shape index (κ1) is 20.5. The molecule has 2 atom stereocenters. The van der Waals surface area contributed by atoms with Gasteiger partial charge in [0.15, 0.2) is 0 Å². The Morgan fingerprint density at radius 2 is 1.75 bits per heavy atom. The van der Waals surface area contributed by atoms with Crippen LogP contribution in [0.1, 0.15) is 43.8 Å². The summed E-state index contributed by atoms with van der Waals surface area (Å²) in [6, 6.07) is 4.56. The Morgan fingerprint density at radius 3 is 2.38 bits per heavy atom. The molecule has 6 rings (SSSR count). The van der Waals surface area contributed by atoms with E-state index in [4.69, 9.17) is 0 Å². The monoisotopic (exact) mass is 443 g/mol. The molecule has 0 spiro atoms. The highest BCUT2D eigenvalue weighted by molar-refractivity contribution is 5.83. The van der Waals surface area contributed by atoms with Gasteiger partial charge in [-0.3, -0.25) is 9.59 Å². The fraction of sp³-hybridized carbons (Fsp3) is 0.348. The van der Waals surface area contributed by atoms with Crippen LogP contribution in [0.25, 0.3) is 10.9 Å². The predicted molar refractivity (Wildman–Crippen MR) is 111 cm³/mol. The Hall–Kier alpha value is -3.36. The van der Waals surface area contributed by atoms with Gasteiger partial charge in [-0.05, 0) is 56.4 Å². The van der Waals surface area contributed by atoms with Crippen molar-refractivity contribution in [3.8, 4) is 0 Å². The van der Waals surface area contributed by atoms with Crippen LogP contribution < -0.4 is 16.6 Å². The number of amides is 1. The molecular formula is C23H20F3N3O3. The number of carbonyl (C=O) groups excluding carboxylic acids is 1. The van der Waals surface area contributed by atoms with Crippen molar-refractivity contribution in [3.63, 3.8) is 0 Å². The number of halogens is 3. The predicted octanol–water partition coefficient (Wildman–Crippen LogP) is 3.33. The molecule has 3 aromatic rings. The molecule has 0 unspecified atom stereocenters. The molecule has 3 saturated carbocycles. The van der Waals surface area contributed by atoms with Gasteiger partial charge in [0.05, 0.1) is 16.9 Å². The van der Waals surface area contributed by atoms with Crippen LogP contribution in [0.2, 0.25) is 0 Å². The van der Waals surface area contributed by atoms with Gasteiger partial charge in [-0.1, -0.05) is 6.07 Å². The van der Waals surface area contributed by atoms with Crippen LogP contribution in [0.4, 0.5) is 13.2 Å². The third kappa shape index (κ3) is 3.06. The third-order valence-corrected chi connectivity index (χ3v) is 6.85. The lowest BCUT2D eigenvalue weighted by atomic mass is 9.41. The highest BCUT2D eigenvalue weighted by atomic mass is 19.1. The maximum Gasteiger partial charge on any atom is 0.329 e. The van der Waals surface area contributed by atoms with Crippen molar-refractivity contribution in [2.24, 2.45) is 11.3 Å². The lowest BCUT2D eigenvalue weighted by Gasteiger charge is -2.64. The van der Waals surface area contributed by atoms with Crippen molar-refractivity contribution in [1.82, 2.24) is 14.9 Å². The van der Waals surface area contributed by atoms with Gasteiger partial charge in [0, 0.05) is 17.0 Å². The lowest BCUT2D eigenvalue weighted by molar-refractivity contribution is -0.165. The summed E-state index contributed by atoms with van der Waals surface area (Å²) in [5.41, 5.74) is -1.81. The maximum atomic E-state index is 14.2. The van der Waals surface area contributed by atoms with Crippen LogP contribution in [0.5, 0.6) is 0 Å². The summed E-state index contributed by atoms with van der Waals surface area (Å²) in [6.07, 6.45) is 2.08. The minimum atomic E-state index is -1.12. The molecule has 2 N–H and O–H groups in total. The molecule has 0 aliphatic heterocycles. The highest BCUT2D eigenvalue weighted by Crippen LogP contribution is 2.69. The van der Waals surface area contributed by atoms with E-state index in [1.54, 1.807) is 0 Å². The summed E-state index contributed by atoms with van der Waals surface area (Å²) < 4.78 is 42.1. The molecule has 0 saturated heterocycles. The zero-order chi connectivity index (χ0) is 22.8. The number of aromatic amines is 1. The first-order valence-electron chi connectivity index (χ1n) is 10.4. The smallest absolute Gasteiger partial charge is 0.329 e. The molecule has 3 aliphatic rings. The van der Waals surface area contributed by atoms with E-state index in [2.05, 4.69) is 10.3 Å². The minimum Gasteiger partial charge on any atom is -0.348 e. The Balaban J connectivity index is 1.57. The third-order valence-electron chi connectivity index (χ3n) is 6.85. The van der Waals surface area contributed by atoms with E-state index < -0.39 is 52.1 Å². The quantitative estimate of drug-likeness (QED) is 0.635. The Labute approximate surface area is 180 Å². The summed E-state index contributed by atoms with van der Waals surface area (Å²) in [5.74, 6) is -2.35. The van der Waals surface area contributed by atoms with Crippen molar-refractivity contribution < 1.29 is 18.0 Å². The van der Waals surface area contributed by atoms with Gasteiger partial charge >= 0.3 is 5.69 Å². The number of rotatable bonds is 5. The summed E-state index contributed by atoms with van der Waals surface area (Å²) in [5, 5.41) is 2.64. The maximum absolute atomic E-state index is 14.2. The summed E-state index contributed by atoms with van der Waals surface area (Å²) >= 11 is 0. The standard InChI is InChI=1S/C23H20F3N3O3/c1-11(15-4-2-14(25)7-17(15)26)27-20(30)19(23-8-12(9-23)10-23)29-21(31)16-6-13(24)3-5-18(16)28-22(29)32/h2-7,11-12,19H,8-10H2,1H3,(H,27,30)(H,28,32)/t11-,12?,19-,23?/m0/s1. The molecule has 2 aromatic carbocycles. The summed E-state index contributed by atoms with van der Waals surface area (Å²) in [7, 11) is 0. The lowest BCUT2D eigenvalue weighted by Crippen LogP contribution is -2.63. The normalized spacial score (nSPS) is 23.2. The first-order valence-corrected chi connectivity index (χ1v) is 10.4. The zero-order valence-electron chi connectivity index (χ0n) is 17.1. The Bertz CT molecular complexity index is 1360. The molecular weight excluding hydrogens is 423 g/mol. The zero-order valence-corrected chi connectivity index (χ0v) is 17.1. The van der Waals surface area contributed by atoms with Gasteiger partial charge in [0.25, 0.3) is 5.56 Å². The molecule has 3 aliphatic carbocycles. The number of H-pyrrole nitrogens is 1. The second-order valence-corrected chi connectivity index (χ2v) is 8.93. The Morgan fingerprint density at radius 1 is 1.09 bits per heavy atom. The average Bonchev–Trinajstić information content (AvgIpc) is 2.65. The Kier molecular flexibility index (Phi) is 4.54. The second kappa shape index (κ2) is 7.08. The highest BCUT2D eigenvalue weighted by Gasteiger charge is 2.63. The van der Waals surface area contributed by atoms with Crippen LogP contribution >= 0.6 is 0 Å². The van der Waals surface area contributed by atoms with Crippen molar-refractivity contribution in [3.05, 3.63) is 80.3 Å². The van der Waals surface area contributed by atoms with Crippen LogP contribution in [0.3, 0.4) is 0 Å². The minimum absolute atomic E-state index is 0.0355. The number of hydrogen-bond acceptors (Lipinski definition) is 3. The van der Waals surface area contributed by atoms with Gasteiger partial charge in [0.1, 0.15) is 23.5 Å². The SMILES string of the molecule is C[C@H](NC(=O)[C@H](n1c(=O)[nH]c2ccc(F)cc2c1=O)C12CC(C1)C2)c1ccc(F)cc1F. The molecule has 1 aromatic heterocycles. The van der Waals surface area contributed by atoms with E-state index in [1.165, 1.54) is 19.1 Å². The number of carbonyl (C=O) groups is 1. The number of nitrogens with zero attached hydrogens (tertiary/aromatic N) is 1. The van der Waals surface area contributed by atoms with E-state index in [9.17, 15) is 27.6 Å². The van der Waals surface area contributed by atoms with Crippen LogP contribution in [0.15, 0.2) is 46.0 Å². The number of fused-ring (bicyclic) bond motifs is 1. The molecule has 9 heteroatoms. The van der Waals surface area contributed by atoms with Crippen LogP contribution in [0, 0.1) is 28.8 Å². The van der Waals surface area contributed by atoms with E-state index in [-0.39, 0.29) is 16.5 Å². The average molecular weight is 443 g/mol. The molecule has 32 heavy (non-hydrogen) atoms. The van der Waals surface area contributed by atoms with E-state index in [0.717, 1.165) is 28.8 Å². The molecule has 0 radical (unpaired) electrons. The van der Waals surface area contributed by atoms with Gasteiger partial charge < -0.3 is 10.3 Å². The molecule has 3 fully saturated rings. The van der Waals surface area contributed by atoms with Gasteiger partial charge in [-0.25, -0.2) is 22.5 Å². The molecule has 1 heterocycles.